The second kappa shape index (κ2) is 9.08. The molecule has 1 aliphatic rings. The molecule has 0 spiro atoms. The predicted molar refractivity (Wildman–Crippen MR) is 96.7 cm³/mol. The fraction of sp³-hybridized carbons (Fsp3) is 0.412. The molecule has 0 saturated carbocycles. The summed E-state index contributed by atoms with van der Waals surface area (Å²) < 4.78 is 0. The monoisotopic (exact) mass is 360 g/mol. The van der Waals surface area contributed by atoms with Crippen molar-refractivity contribution < 1.29 is 9.72 Å². The van der Waals surface area contributed by atoms with E-state index in [9.17, 15) is 20.2 Å². The van der Waals surface area contributed by atoms with Crippen LogP contribution in [-0.2, 0) is 0 Å². The van der Waals surface area contributed by atoms with E-state index in [1.165, 1.54) is 23.9 Å². The predicted octanol–water partition coefficient (Wildman–Crippen LogP) is 4.00. The smallest absolute Gasteiger partial charge is 0.320 e. The first kappa shape index (κ1) is 18.8. The van der Waals surface area contributed by atoms with Crippen LogP contribution in [0.4, 0.5) is 10.5 Å². The van der Waals surface area contributed by atoms with Crippen LogP contribution in [-0.4, -0.2) is 16.7 Å². The molecule has 25 heavy (non-hydrogen) atoms. The Labute approximate surface area is 150 Å². The van der Waals surface area contributed by atoms with Crippen LogP contribution in [0.2, 0.25) is 0 Å². The van der Waals surface area contributed by atoms with Crippen molar-refractivity contribution in [3.8, 4) is 6.07 Å². The van der Waals surface area contributed by atoms with Crippen LogP contribution in [0.25, 0.3) is 0 Å². The summed E-state index contributed by atoms with van der Waals surface area (Å²) in [5, 5.41) is 26.4. The van der Waals surface area contributed by atoms with E-state index in [1.54, 1.807) is 12.1 Å². The standard InChI is InChI=1S/C17H20N4O3S/c1-2-3-4-5-9-25-16-14(11-18)15(19-17(22)20-16)12-7-6-8-13(10-12)21(23)24/h6-8,10,15H,2-5,9H2,1H3,(H2,19,20,22). The number of nitrogens with one attached hydrogen (secondary N) is 2. The minimum atomic E-state index is -0.684. The fourth-order valence-corrected chi connectivity index (χ4v) is 3.58. The van der Waals surface area contributed by atoms with Gasteiger partial charge in [-0.2, -0.15) is 5.26 Å². The molecule has 132 valence electrons. The number of thioether (sulfide) groups is 1. The summed E-state index contributed by atoms with van der Waals surface area (Å²) in [6.45, 7) is 2.14. The van der Waals surface area contributed by atoms with E-state index in [-0.39, 0.29) is 5.69 Å². The maximum absolute atomic E-state index is 12.0. The van der Waals surface area contributed by atoms with Crippen LogP contribution in [0, 0.1) is 21.4 Å². The molecule has 1 aliphatic heterocycles. The molecule has 1 unspecified atom stereocenters. The molecular weight excluding hydrogens is 340 g/mol. The summed E-state index contributed by atoms with van der Waals surface area (Å²) in [7, 11) is 0. The van der Waals surface area contributed by atoms with E-state index >= 15 is 0 Å². The molecule has 7 nitrogen and oxygen atoms in total. The summed E-state index contributed by atoms with van der Waals surface area (Å²) in [5.74, 6) is 0.808. The summed E-state index contributed by atoms with van der Waals surface area (Å²) in [6, 6.07) is 7.03. The van der Waals surface area contributed by atoms with E-state index in [4.69, 9.17) is 0 Å². The molecular formula is C17H20N4O3S. The van der Waals surface area contributed by atoms with Gasteiger partial charge < -0.3 is 10.6 Å². The lowest BCUT2D eigenvalue weighted by atomic mass is 9.98. The number of nitrogens with zero attached hydrogens (tertiary/aromatic N) is 2. The van der Waals surface area contributed by atoms with Crippen molar-refractivity contribution in [2.24, 2.45) is 0 Å². The second-order valence-corrected chi connectivity index (χ2v) is 6.75. The van der Waals surface area contributed by atoms with Gasteiger partial charge in [-0.3, -0.25) is 10.1 Å². The van der Waals surface area contributed by atoms with Crippen LogP contribution in [0.3, 0.4) is 0 Å². The van der Waals surface area contributed by atoms with Gasteiger partial charge in [0.15, 0.2) is 0 Å². The molecule has 2 N–H and O–H groups in total. The number of urea groups is 1. The minimum absolute atomic E-state index is 0.0728. The molecule has 8 heteroatoms. The maximum atomic E-state index is 12.0. The van der Waals surface area contributed by atoms with Crippen molar-refractivity contribution in [1.29, 1.82) is 5.26 Å². The highest BCUT2D eigenvalue weighted by atomic mass is 32.2. The molecule has 1 atom stereocenters. The van der Waals surface area contributed by atoms with Crippen molar-refractivity contribution in [1.82, 2.24) is 10.6 Å². The van der Waals surface area contributed by atoms with Crippen LogP contribution < -0.4 is 10.6 Å². The molecule has 0 bridgehead atoms. The summed E-state index contributed by atoms with van der Waals surface area (Å²) in [6.07, 6.45) is 4.42. The van der Waals surface area contributed by atoms with Crippen LogP contribution in [0.15, 0.2) is 34.9 Å². The molecule has 0 fully saturated rings. The van der Waals surface area contributed by atoms with Gasteiger partial charge in [-0.15, -0.1) is 11.8 Å². The lowest BCUT2D eigenvalue weighted by Gasteiger charge is -2.26. The second-order valence-electron chi connectivity index (χ2n) is 5.65. The first-order chi connectivity index (χ1) is 12.1. The van der Waals surface area contributed by atoms with Gasteiger partial charge in [0.2, 0.25) is 0 Å². The molecule has 2 rings (SSSR count). The number of hydrogen-bond acceptors (Lipinski definition) is 5. The first-order valence-corrected chi connectivity index (χ1v) is 9.14. The Kier molecular flexibility index (Phi) is 6.83. The molecule has 1 aromatic rings. The molecule has 1 aromatic carbocycles. The zero-order valence-corrected chi connectivity index (χ0v) is 14.8. The third-order valence-electron chi connectivity index (χ3n) is 3.81. The van der Waals surface area contributed by atoms with Crippen molar-refractivity contribution in [3.63, 3.8) is 0 Å². The van der Waals surface area contributed by atoms with Crippen molar-refractivity contribution in [3.05, 3.63) is 50.5 Å². The van der Waals surface area contributed by atoms with Crippen molar-refractivity contribution in [2.75, 3.05) is 5.75 Å². The van der Waals surface area contributed by atoms with E-state index in [1.807, 2.05) is 0 Å². The van der Waals surface area contributed by atoms with Crippen LogP contribution in [0.1, 0.15) is 44.2 Å². The van der Waals surface area contributed by atoms with Gasteiger partial charge in [0.05, 0.1) is 21.6 Å². The molecule has 0 saturated heterocycles. The molecule has 0 aliphatic carbocycles. The normalized spacial score (nSPS) is 16.8. The van der Waals surface area contributed by atoms with Crippen molar-refractivity contribution >= 4 is 23.5 Å². The van der Waals surface area contributed by atoms with Crippen molar-refractivity contribution in [2.45, 2.75) is 38.6 Å². The number of hydrogen-bond donors (Lipinski definition) is 2. The van der Waals surface area contributed by atoms with E-state index < -0.39 is 17.0 Å². The zero-order chi connectivity index (χ0) is 18.2. The summed E-state index contributed by atoms with van der Waals surface area (Å²) in [5.41, 5.74) is 0.821. The fourth-order valence-electron chi connectivity index (χ4n) is 2.54. The van der Waals surface area contributed by atoms with Crippen LogP contribution in [0.5, 0.6) is 0 Å². The SMILES string of the molecule is CCCCCCSC1=C(C#N)C(c2cccc([N+](=O)[O-])c2)NC(=O)N1. The molecule has 0 radical (unpaired) electrons. The quantitative estimate of drug-likeness (QED) is 0.414. The molecule has 2 amide bonds. The first-order valence-electron chi connectivity index (χ1n) is 8.15. The Bertz CT molecular complexity index is 727. The van der Waals surface area contributed by atoms with Crippen LogP contribution >= 0.6 is 11.8 Å². The number of nitriles is 1. The maximum Gasteiger partial charge on any atom is 0.320 e. The third-order valence-corrected chi connectivity index (χ3v) is 4.92. The largest absolute Gasteiger partial charge is 0.326 e. The highest BCUT2D eigenvalue weighted by Crippen LogP contribution is 2.32. The minimum Gasteiger partial charge on any atom is -0.326 e. The van der Waals surface area contributed by atoms with Gasteiger partial charge in [-0.05, 0) is 17.7 Å². The highest BCUT2D eigenvalue weighted by Gasteiger charge is 2.29. The number of nitro groups is 1. The third kappa shape index (κ3) is 4.97. The number of unbranched alkanes of at least 4 members (excludes halogenated alkanes) is 3. The number of carbonyl (C=O) groups excluding carboxylic acids is 1. The zero-order valence-electron chi connectivity index (χ0n) is 13.9. The van der Waals surface area contributed by atoms with Gasteiger partial charge >= 0.3 is 6.03 Å². The van der Waals surface area contributed by atoms with Gasteiger partial charge in [0.25, 0.3) is 5.69 Å². The Morgan fingerprint density at radius 3 is 2.84 bits per heavy atom. The number of rotatable bonds is 8. The van der Waals surface area contributed by atoms with Gasteiger partial charge in [-0.1, -0.05) is 38.3 Å². The topological polar surface area (TPSA) is 108 Å². The lowest BCUT2D eigenvalue weighted by Crippen LogP contribution is -2.43. The Morgan fingerprint density at radius 2 is 2.16 bits per heavy atom. The number of carbonyl (C=O) groups is 1. The number of benzene rings is 1. The van der Waals surface area contributed by atoms with E-state index in [0.717, 1.165) is 31.4 Å². The summed E-state index contributed by atoms with van der Waals surface area (Å²) in [4.78, 5) is 22.4. The summed E-state index contributed by atoms with van der Waals surface area (Å²) >= 11 is 1.44. The van der Waals surface area contributed by atoms with Gasteiger partial charge in [0.1, 0.15) is 6.07 Å². The van der Waals surface area contributed by atoms with E-state index in [0.29, 0.717) is 16.2 Å². The van der Waals surface area contributed by atoms with Gasteiger partial charge in [-0.25, -0.2) is 4.79 Å². The average Bonchev–Trinajstić information content (AvgIpc) is 2.61. The Balaban J connectivity index is 2.23. The highest BCUT2D eigenvalue weighted by molar-refractivity contribution is 8.03. The number of non-ortho nitro benzene ring substituents is 1. The average molecular weight is 360 g/mol. The molecule has 1 heterocycles. The Hall–Kier alpha value is -2.53. The number of amides is 2. The number of nitro benzene ring substituents is 1. The lowest BCUT2D eigenvalue weighted by molar-refractivity contribution is -0.384. The molecule has 0 aromatic heterocycles. The van der Waals surface area contributed by atoms with E-state index in [2.05, 4.69) is 23.6 Å². The Morgan fingerprint density at radius 1 is 1.36 bits per heavy atom. The van der Waals surface area contributed by atoms with Gasteiger partial charge in [0, 0.05) is 12.1 Å².